The van der Waals surface area contributed by atoms with Crippen molar-refractivity contribution in [2.24, 2.45) is 0 Å². The zero-order chi connectivity index (χ0) is 13.9. The Morgan fingerprint density at radius 2 is 2.00 bits per heavy atom. The number of nitrogens with zero attached hydrogens (tertiary/aromatic N) is 4. The minimum atomic E-state index is -3.83. The predicted octanol–water partition coefficient (Wildman–Crippen LogP) is 1.17. The van der Waals surface area contributed by atoms with Gasteiger partial charge in [-0.2, -0.15) is 5.26 Å². The average molecular weight is 274 g/mol. The Morgan fingerprint density at radius 1 is 1.26 bits per heavy atom. The Hall–Kier alpha value is -2.46. The second-order valence-electron chi connectivity index (χ2n) is 3.65. The number of rotatable bonds is 3. The zero-order valence-electron chi connectivity index (χ0n) is 10.1. The summed E-state index contributed by atoms with van der Waals surface area (Å²) >= 11 is 0. The van der Waals surface area contributed by atoms with Crippen molar-refractivity contribution < 1.29 is 8.42 Å². The number of sulfonamides is 1. The summed E-state index contributed by atoms with van der Waals surface area (Å²) in [6, 6.07) is 7.86. The molecule has 0 aromatic carbocycles. The van der Waals surface area contributed by atoms with E-state index in [0.717, 1.165) is 4.31 Å². The number of pyridine rings is 2. The maximum absolute atomic E-state index is 12.4. The fourth-order valence-corrected chi connectivity index (χ4v) is 2.78. The van der Waals surface area contributed by atoms with Gasteiger partial charge in [0, 0.05) is 19.4 Å². The van der Waals surface area contributed by atoms with Crippen LogP contribution in [0.2, 0.25) is 0 Å². The highest BCUT2D eigenvalue weighted by Crippen LogP contribution is 2.22. The van der Waals surface area contributed by atoms with E-state index in [1.165, 1.54) is 31.6 Å². The Bertz CT molecular complexity index is 723. The molecule has 0 saturated carbocycles. The van der Waals surface area contributed by atoms with E-state index in [-0.39, 0.29) is 10.6 Å². The van der Waals surface area contributed by atoms with Crippen molar-refractivity contribution in [2.45, 2.75) is 4.90 Å². The van der Waals surface area contributed by atoms with Crippen molar-refractivity contribution in [2.75, 3.05) is 11.4 Å². The molecule has 0 aliphatic carbocycles. The molecular formula is C12H10N4O2S. The van der Waals surface area contributed by atoms with E-state index in [9.17, 15) is 8.42 Å². The van der Waals surface area contributed by atoms with Crippen LogP contribution >= 0.6 is 0 Å². The second kappa shape index (κ2) is 5.04. The third kappa shape index (κ3) is 2.39. The summed E-state index contributed by atoms with van der Waals surface area (Å²) in [7, 11) is -2.42. The normalized spacial score (nSPS) is 10.7. The van der Waals surface area contributed by atoms with Gasteiger partial charge in [0.05, 0.1) is 11.9 Å². The van der Waals surface area contributed by atoms with Crippen molar-refractivity contribution in [1.29, 1.82) is 5.26 Å². The van der Waals surface area contributed by atoms with Crippen LogP contribution in [0.5, 0.6) is 0 Å². The largest absolute Gasteiger partial charge is 0.268 e. The fourth-order valence-electron chi connectivity index (χ4n) is 1.51. The first-order chi connectivity index (χ1) is 9.07. The summed E-state index contributed by atoms with van der Waals surface area (Å²) in [5.74, 6) is 0. The molecule has 2 aromatic heterocycles. The maximum Gasteiger partial charge on any atom is 0.267 e. The third-order valence-corrected chi connectivity index (χ3v) is 4.34. The Morgan fingerprint density at radius 3 is 2.63 bits per heavy atom. The molecule has 2 heterocycles. The number of hydrogen-bond acceptors (Lipinski definition) is 5. The topological polar surface area (TPSA) is 87.0 Å². The Balaban J connectivity index is 2.52. The molecular weight excluding hydrogens is 264 g/mol. The van der Waals surface area contributed by atoms with Crippen molar-refractivity contribution in [3.63, 3.8) is 0 Å². The summed E-state index contributed by atoms with van der Waals surface area (Å²) < 4.78 is 25.9. The van der Waals surface area contributed by atoms with Gasteiger partial charge in [0.25, 0.3) is 10.0 Å². The predicted molar refractivity (Wildman–Crippen MR) is 68.8 cm³/mol. The quantitative estimate of drug-likeness (QED) is 0.838. The van der Waals surface area contributed by atoms with E-state index < -0.39 is 10.0 Å². The van der Waals surface area contributed by atoms with E-state index in [0.29, 0.717) is 5.69 Å². The Labute approximate surface area is 111 Å². The minimum Gasteiger partial charge on any atom is -0.268 e. The van der Waals surface area contributed by atoms with E-state index in [1.807, 2.05) is 0 Å². The lowest BCUT2D eigenvalue weighted by atomic mass is 10.4. The lowest BCUT2D eigenvalue weighted by Gasteiger charge is -2.19. The van der Waals surface area contributed by atoms with Gasteiger partial charge in [-0.15, -0.1) is 0 Å². The van der Waals surface area contributed by atoms with Crippen LogP contribution in [0.1, 0.15) is 5.69 Å². The van der Waals surface area contributed by atoms with Crippen LogP contribution < -0.4 is 4.31 Å². The molecule has 0 amide bonds. The summed E-state index contributed by atoms with van der Waals surface area (Å²) in [4.78, 5) is 7.50. The number of hydrogen-bond donors (Lipinski definition) is 0. The molecule has 0 fully saturated rings. The first-order valence-corrected chi connectivity index (χ1v) is 6.75. The first kappa shape index (κ1) is 13.0. The Kier molecular flexibility index (Phi) is 3.44. The molecule has 7 heteroatoms. The molecule has 19 heavy (non-hydrogen) atoms. The highest BCUT2D eigenvalue weighted by molar-refractivity contribution is 7.92. The molecule has 2 aromatic rings. The summed E-state index contributed by atoms with van der Waals surface area (Å²) in [5, 5.41) is 8.93. The number of anilines is 1. The van der Waals surface area contributed by atoms with Crippen LogP contribution in [0.25, 0.3) is 0 Å². The summed E-state index contributed by atoms with van der Waals surface area (Å²) in [5.41, 5.74) is 0.286. The zero-order valence-corrected chi connectivity index (χ0v) is 10.9. The van der Waals surface area contributed by atoms with E-state index >= 15 is 0 Å². The molecule has 0 atom stereocenters. The van der Waals surface area contributed by atoms with Gasteiger partial charge in [-0.05, 0) is 24.3 Å². The smallest absolute Gasteiger partial charge is 0.267 e. The molecule has 0 aliphatic rings. The van der Waals surface area contributed by atoms with Crippen LogP contribution in [0.3, 0.4) is 0 Å². The van der Waals surface area contributed by atoms with Crippen LogP contribution in [-0.2, 0) is 10.0 Å². The van der Waals surface area contributed by atoms with Gasteiger partial charge in [0.15, 0.2) is 5.69 Å². The highest BCUT2D eigenvalue weighted by atomic mass is 32.2. The average Bonchev–Trinajstić information content (AvgIpc) is 2.47. The first-order valence-electron chi connectivity index (χ1n) is 5.31. The van der Waals surface area contributed by atoms with E-state index in [4.69, 9.17) is 5.26 Å². The molecule has 0 saturated heterocycles. The van der Waals surface area contributed by atoms with Crippen LogP contribution in [0.4, 0.5) is 5.69 Å². The molecule has 6 nitrogen and oxygen atoms in total. The number of aromatic nitrogens is 2. The molecule has 0 spiro atoms. The molecule has 2 rings (SSSR count). The van der Waals surface area contributed by atoms with Crippen LogP contribution in [0, 0.1) is 11.3 Å². The van der Waals surface area contributed by atoms with Crippen molar-refractivity contribution in [3.05, 3.63) is 48.5 Å². The van der Waals surface area contributed by atoms with Gasteiger partial charge >= 0.3 is 0 Å². The lowest BCUT2D eigenvalue weighted by Crippen LogP contribution is -2.27. The van der Waals surface area contributed by atoms with Gasteiger partial charge in [-0.25, -0.2) is 13.4 Å². The van der Waals surface area contributed by atoms with Crippen molar-refractivity contribution in [1.82, 2.24) is 9.97 Å². The minimum absolute atomic E-state index is 0.121. The van der Waals surface area contributed by atoms with Gasteiger partial charge < -0.3 is 0 Å². The lowest BCUT2D eigenvalue weighted by molar-refractivity contribution is 0.593. The summed E-state index contributed by atoms with van der Waals surface area (Å²) in [6.07, 6.45) is 4.36. The van der Waals surface area contributed by atoms with Crippen molar-refractivity contribution >= 4 is 15.7 Å². The molecule has 96 valence electrons. The molecule has 0 radical (unpaired) electrons. The maximum atomic E-state index is 12.4. The van der Waals surface area contributed by atoms with Gasteiger partial charge in [-0.1, -0.05) is 0 Å². The van der Waals surface area contributed by atoms with Crippen molar-refractivity contribution in [3.8, 4) is 6.07 Å². The van der Waals surface area contributed by atoms with Gasteiger partial charge in [0.1, 0.15) is 11.0 Å². The second-order valence-corrected chi connectivity index (χ2v) is 5.58. The summed E-state index contributed by atoms with van der Waals surface area (Å²) in [6.45, 7) is 0. The third-order valence-electron chi connectivity index (χ3n) is 2.52. The fraction of sp³-hybridized carbons (Fsp3) is 0.0833. The number of nitriles is 1. The van der Waals surface area contributed by atoms with Crippen LogP contribution in [-0.4, -0.2) is 25.4 Å². The van der Waals surface area contributed by atoms with Gasteiger partial charge in [0.2, 0.25) is 0 Å². The van der Waals surface area contributed by atoms with E-state index in [1.54, 1.807) is 24.4 Å². The standard InChI is InChI=1S/C12H10N4O2S/c1-16(10-4-2-6-14-9-10)19(17,18)12-5-3-7-15-11(12)8-13/h2-7,9H,1H3. The van der Waals surface area contributed by atoms with Crippen LogP contribution in [0.15, 0.2) is 47.8 Å². The van der Waals surface area contributed by atoms with E-state index in [2.05, 4.69) is 9.97 Å². The molecule has 0 bridgehead atoms. The SMILES string of the molecule is CN(c1cccnc1)S(=O)(=O)c1cccnc1C#N. The molecule has 0 unspecified atom stereocenters. The molecule has 0 N–H and O–H groups in total. The highest BCUT2D eigenvalue weighted by Gasteiger charge is 2.25. The monoisotopic (exact) mass is 274 g/mol. The molecule has 0 aliphatic heterocycles. The van der Waals surface area contributed by atoms with Gasteiger partial charge in [-0.3, -0.25) is 9.29 Å².